The van der Waals surface area contributed by atoms with E-state index in [1.54, 1.807) is 42.5 Å². The third-order valence-corrected chi connectivity index (χ3v) is 6.49. The number of halogens is 3. The smallest absolute Gasteiger partial charge is 0.210 e. The number of nitrogens with zero attached hydrogens (tertiary/aromatic N) is 6. The van der Waals surface area contributed by atoms with E-state index in [9.17, 15) is 5.11 Å². The quantitative estimate of drug-likeness (QED) is 0.295. The lowest BCUT2D eigenvalue weighted by molar-refractivity contribution is 0.0397. The van der Waals surface area contributed by atoms with Crippen molar-refractivity contribution in [2.75, 3.05) is 11.6 Å². The van der Waals surface area contributed by atoms with Crippen LogP contribution in [0, 0.1) is 0 Å². The summed E-state index contributed by atoms with van der Waals surface area (Å²) in [7, 11) is 0. The Morgan fingerprint density at radius 1 is 1.03 bits per heavy atom. The number of aliphatic hydroxyl groups is 1. The number of rotatable bonds is 7. The first-order chi connectivity index (χ1) is 14.9. The summed E-state index contributed by atoms with van der Waals surface area (Å²) < 4.78 is 2.89. The third kappa shape index (κ3) is 4.81. The van der Waals surface area contributed by atoms with E-state index in [-0.39, 0.29) is 12.3 Å². The summed E-state index contributed by atoms with van der Waals surface area (Å²) in [4.78, 5) is 3.94. The van der Waals surface area contributed by atoms with Gasteiger partial charge in [0.15, 0.2) is 5.82 Å². The van der Waals surface area contributed by atoms with Crippen LogP contribution in [-0.4, -0.2) is 40.5 Å². The summed E-state index contributed by atoms with van der Waals surface area (Å²) in [6, 6.07) is 12.0. The van der Waals surface area contributed by atoms with Gasteiger partial charge < -0.3 is 10.9 Å². The van der Waals surface area contributed by atoms with Crippen molar-refractivity contribution in [3.63, 3.8) is 0 Å². The summed E-state index contributed by atoms with van der Waals surface area (Å²) in [5.41, 5.74) is -0.140. The molecule has 0 radical (unpaired) electrons. The van der Waals surface area contributed by atoms with Crippen LogP contribution in [0.2, 0.25) is 15.1 Å². The second kappa shape index (κ2) is 9.05. The van der Waals surface area contributed by atoms with Crippen LogP contribution in [0.4, 0.5) is 0 Å². The average molecular weight is 497 g/mol. The molecule has 0 saturated heterocycles. The molecule has 2 aromatic carbocycles. The number of hydrogen-bond donors (Lipinski definition) is 2. The molecular formula is C19H16Cl3N7OS. The highest BCUT2D eigenvalue weighted by Gasteiger charge is 2.34. The topological polar surface area (TPSA) is 108 Å². The zero-order chi connectivity index (χ0) is 22.0. The standard InChI is InChI=1S/C19H16Cl3N7OS/c20-13-3-1-12(2-4-13)17-26-27-18(29(17)23)31-9-19(30,8-28-11-24-10-25-28)15-6-5-14(21)7-16(15)22/h1-7,10-11,30H,8-9,23H2. The molecule has 31 heavy (non-hydrogen) atoms. The summed E-state index contributed by atoms with van der Waals surface area (Å²) in [6.07, 6.45) is 2.91. The van der Waals surface area contributed by atoms with E-state index in [1.165, 1.54) is 33.8 Å². The highest BCUT2D eigenvalue weighted by atomic mass is 35.5. The van der Waals surface area contributed by atoms with E-state index in [4.69, 9.17) is 40.6 Å². The lowest BCUT2D eigenvalue weighted by Gasteiger charge is -2.29. The summed E-state index contributed by atoms with van der Waals surface area (Å²) in [6.45, 7) is 0.115. The minimum atomic E-state index is -1.41. The van der Waals surface area contributed by atoms with Gasteiger partial charge in [0.05, 0.1) is 6.54 Å². The van der Waals surface area contributed by atoms with Gasteiger partial charge in [0.2, 0.25) is 5.16 Å². The van der Waals surface area contributed by atoms with Crippen molar-refractivity contribution in [1.29, 1.82) is 0 Å². The Kier molecular flexibility index (Phi) is 6.40. The molecule has 4 rings (SSSR count). The molecule has 1 unspecified atom stereocenters. The minimum Gasteiger partial charge on any atom is -0.382 e. The number of nitrogen functional groups attached to an aromatic ring is 1. The van der Waals surface area contributed by atoms with Crippen LogP contribution in [0.25, 0.3) is 11.4 Å². The Balaban J connectivity index is 1.61. The highest BCUT2D eigenvalue weighted by Crippen LogP contribution is 2.36. The van der Waals surface area contributed by atoms with Gasteiger partial charge in [0.1, 0.15) is 18.3 Å². The molecule has 8 nitrogen and oxygen atoms in total. The predicted molar refractivity (Wildman–Crippen MR) is 122 cm³/mol. The van der Waals surface area contributed by atoms with Crippen molar-refractivity contribution in [1.82, 2.24) is 29.6 Å². The van der Waals surface area contributed by atoms with Crippen molar-refractivity contribution in [2.24, 2.45) is 0 Å². The van der Waals surface area contributed by atoms with E-state index in [2.05, 4.69) is 20.3 Å². The molecule has 2 aromatic heterocycles. The summed E-state index contributed by atoms with van der Waals surface area (Å²) in [5, 5.41) is 25.9. The normalized spacial score (nSPS) is 13.3. The Hall–Kier alpha value is -2.30. The average Bonchev–Trinajstić information content (AvgIpc) is 3.36. The summed E-state index contributed by atoms with van der Waals surface area (Å²) >= 11 is 19.6. The fourth-order valence-corrected chi connectivity index (χ4v) is 4.66. The molecule has 4 aromatic rings. The van der Waals surface area contributed by atoms with Gasteiger partial charge in [-0.3, -0.25) is 0 Å². The maximum atomic E-state index is 11.6. The SMILES string of the molecule is Nn1c(SCC(O)(Cn2cncn2)c2ccc(Cl)cc2Cl)nnc1-c1ccc(Cl)cc1. The van der Waals surface area contributed by atoms with Crippen LogP contribution >= 0.6 is 46.6 Å². The van der Waals surface area contributed by atoms with E-state index >= 15 is 0 Å². The first-order valence-electron chi connectivity index (χ1n) is 8.95. The van der Waals surface area contributed by atoms with Crippen LogP contribution in [0.1, 0.15) is 5.56 Å². The van der Waals surface area contributed by atoms with Crippen molar-refractivity contribution in [2.45, 2.75) is 17.3 Å². The molecule has 12 heteroatoms. The number of benzene rings is 2. The maximum Gasteiger partial charge on any atom is 0.210 e. The Morgan fingerprint density at radius 2 is 1.77 bits per heavy atom. The second-order valence-electron chi connectivity index (χ2n) is 6.72. The number of nitrogens with two attached hydrogens (primary N) is 1. The molecule has 1 atom stereocenters. The predicted octanol–water partition coefficient (Wildman–Crippen LogP) is 3.89. The fourth-order valence-electron chi connectivity index (χ4n) is 3.01. The van der Waals surface area contributed by atoms with Crippen molar-refractivity contribution >= 4 is 46.6 Å². The Bertz CT molecular complexity index is 1180. The first-order valence-corrected chi connectivity index (χ1v) is 11.1. The third-order valence-electron chi connectivity index (χ3n) is 4.53. The van der Waals surface area contributed by atoms with Gasteiger partial charge in [0, 0.05) is 31.9 Å². The van der Waals surface area contributed by atoms with Gasteiger partial charge >= 0.3 is 0 Å². The zero-order valence-corrected chi connectivity index (χ0v) is 18.9. The van der Waals surface area contributed by atoms with Gasteiger partial charge in [-0.2, -0.15) is 5.10 Å². The van der Waals surface area contributed by atoms with Crippen LogP contribution in [0.15, 0.2) is 60.3 Å². The molecular weight excluding hydrogens is 481 g/mol. The maximum absolute atomic E-state index is 11.6. The molecule has 160 valence electrons. The van der Waals surface area contributed by atoms with Crippen LogP contribution < -0.4 is 5.84 Å². The van der Waals surface area contributed by atoms with Gasteiger partial charge in [0.25, 0.3) is 0 Å². The molecule has 0 bridgehead atoms. The Labute approximate surface area is 196 Å². The van der Waals surface area contributed by atoms with Gasteiger partial charge in [-0.05, 0) is 36.4 Å². The highest BCUT2D eigenvalue weighted by molar-refractivity contribution is 7.99. The number of hydrogen-bond acceptors (Lipinski definition) is 7. The van der Waals surface area contributed by atoms with Gasteiger partial charge in [-0.15, -0.1) is 10.2 Å². The first kappa shape index (κ1) is 21.9. The zero-order valence-electron chi connectivity index (χ0n) is 15.9. The van der Waals surface area contributed by atoms with Crippen molar-refractivity contribution < 1.29 is 5.11 Å². The lowest BCUT2D eigenvalue weighted by Crippen LogP contribution is -2.35. The molecule has 0 spiro atoms. The van der Waals surface area contributed by atoms with E-state index in [1.807, 2.05) is 0 Å². The molecule has 0 saturated carbocycles. The largest absolute Gasteiger partial charge is 0.382 e. The number of aromatic nitrogens is 6. The fraction of sp³-hybridized carbons (Fsp3) is 0.158. The molecule has 0 aliphatic rings. The molecule has 0 amide bonds. The van der Waals surface area contributed by atoms with Crippen molar-refractivity contribution in [3.8, 4) is 11.4 Å². The van der Waals surface area contributed by atoms with Crippen molar-refractivity contribution in [3.05, 3.63) is 75.8 Å². The van der Waals surface area contributed by atoms with Crippen LogP contribution in [-0.2, 0) is 12.1 Å². The van der Waals surface area contributed by atoms with Gasteiger partial charge in [-0.1, -0.05) is 52.6 Å². The molecule has 0 aliphatic heterocycles. The molecule has 0 aliphatic carbocycles. The minimum absolute atomic E-state index is 0.115. The van der Waals surface area contributed by atoms with Crippen LogP contribution in [0.5, 0.6) is 0 Å². The van der Waals surface area contributed by atoms with Gasteiger partial charge in [-0.25, -0.2) is 14.3 Å². The van der Waals surface area contributed by atoms with Crippen LogP contribution in [0.3, 0.4) is 0 Å². The summed E-state index contributed by atoms with van der Waals surface area (Å²) in [5.74, 6) is 6.86. The molecule has 3 N–H and O–H groups in total. The monoisotopic (exact) mass is 495 g/mol. The molecule has 2 heterocycles. The molecule has 0 fully saturated rings. The second-order valence-corrected chi connectivity index (χ2v) is 8.94. The van der Waals surface area contributed by atoms with E-state index < -0.39 is 5.60 Å². The Morgan fingerprint density at radius 3 is 2.45 bits per heavy atom. The number of thioether (sulfide) groups is 1. The van der Waals surface area contributed by atoms with E-state index in [0.29, 0.717) is 31.6 Å². The van der Waals surface area contributed by atoms with E-state index in [0.717, 1.165) is 5.56 Å². The lowest BCUT2D eigenvalue weighted by atomic mass is 9.95.